The monoisotopic (exact) mass is 279 g/mol. The van der Waals surface area contributed by atoms with Gasteiger partial charge in [0.1, 0.15) is 11.4 Å². The van der Waals surface area contributed by atoms with Gasteiger partial charge in [0.15, 0.2) is 0 Å². The molecule has 0 bridgehead atoms. The number of anilines is 1. The molecule has 110 valence electrons. The van der Waals surface area contributed by atoms with Gasteiger partial charge in [-0.05, 0) is 51.4 Å². The van der Waals surface area contributed by atoms with E-state index in [1.165, 1.54) is 12.1 Å². The molecule has 1 aliphatic rings. The Hall–Kier alpha value is -1.82. The Morgan fingerprint density at radius 1 is 1.55 bits per heavy atom. The molecule has 1 aromatic rings. The average Bonchev–Trinajstić information content (AvgIpc) is 2.40. The lowest BCUT2D eigenvalue weighted by Gasteiger charge is -2.34. The third-order valence-corrected chi connectivity index (χ3v) is 3.93. The van der Waals surface area contributed by atoms with Crippen molar-refractivity contribution in [3.05, 3.63) is 28.3 Å². The molecule has 0 saturated carbocycles. The minimum absolute atomic E-state index is 0.0824. The summed E-state index contributed by atoms with van der Waals surface area (Å²) in [5.74, 6) is 0.384. The summed E-state index contributed by atoms with van der Waals surface area (Å²) in [5, 5.41) is 23.6. The Morgan fingerprint density at radius 3 is 2.95 bits per heavy atom. The maximum absolute atomic E-state index is 11.0. The van der Waals surface area contributed by atoms with E-state index in [1.54, 1.807) is 6.07 Å². The highest BCUT2D eigenvalue weighted by molar-refractivity contribution is 5.64. The van der Waals surface area contributed by atoms with Crippen molar-refractivity contribution in [1.82, 2.24) is 4.90 Å². The minimum atomic E-state index is -0.470. The largest absolute Gasteiger partial charge is 0.508 e. The number of hydrogen-bond donors (Lipinski definition) is 2. The Labute approximate surface area is 118 Å². The fraction of sp³-hybridized carbons (Fsp3) is 0.571. The van der Waals surface area contributed by atoms with Crippen LogP contribution in [0.1, 0.15) is 19.8 Å². The number of phenolic OH excluding ortho intramolecular Hbond substituents is 1. The Balaban J connectivity index is 2.11. The highest BCUT2D eigenvalue weighted by atomic mass is 16.6. The number of piperidine rings is 1. The first-order chi connectivity index (χ1) is 9.47. The Bertz CT molecular complexity index is 493. The lowest BCUT2D eigenvalue weighted by Crippen LogP contribution is -2.39. The van der Waals surface area contributed by atoms with Crippen LogP contribution < -0.4 is 5.32 Å². The number of nitro groups is 1. The van der Waals surface area contributed by atoms with Crippen molar-refractivity contribution in [3.63, 3.8) is 0 Å². The van der Waals surface area contributed by atoms with Crippen LogP contribution in [0.2, 0.25) is 0 Å². The van der Waals surface area contributed by atoms with Gasteiger partial charge in [0, 0.05) is 12.6 Å². The Kier molecular flexibility index (Phi) is 4.44. The first kappa shape index (κ1) is 14.6. The lowest BCUT2D eigenvalue weighted by atomic mass is 9.91. The molecule has 2 atom stereocenters. The van der Waals surface area contributed by atoms with E-state index in [4.69, 9.17) is 0 Å². The molecule has 20 heavy (non-hydrogen) atoms. The molecule has 1 aliphatic heterocycles. The number of likely N-dealkylation sites (tertiary alicyclic amines) is 1. The molecule has 2 N–H and O–H groups in total. The maximum atomic E-state index is 11.0. The molecule has 2 rings (SSSR count). The first-order valence-corrected chi connectivity index (χ1v) is 6.90. The molecule has 1 heterocycles. The van der Waals surface area contributed by atoms with Crippen LogP contribution in [-0.2, 0) is 0 Å². The molecular weight excluding hydrogens is 258 g/mol. The predicted molar refractivity (Wildman–Crippen MR) is 78.1 cm³/mol. The number of benzene rings is 1. The number of aromatic hydroxyl groups is 1. The molecule has 1 fully saturated rings. The molecule has 6 heteroatoms. The SMILES string of the molecule is CC(Nc1ccc(O)cc1[N+](=O)[O-])C1CCCN(C)C1. The second kappa shape index (κ2) is 6.09. The van der Waals surface area contributed by atoms with E-state index in [0.29, 0.717) is 11.6 Å². The molecule has 0 radical (unpaired) electrons. The van der Waals surface area contributed by atoms with Crippen LogP contribution in [-0.4, -0.2) is 41.1 Å². The van der Waals surface area contributed by atoms with Crippen molar-refractivity contribution in [1.29, 1.82) is 0 Å². The molecular formula is C14H21N3O3. The van der Waals surface area contributed by atoms with E-state index in [0.717, 1.165) is 25.9 Å². The molecule has 6 nitrogen and oxygen atoms in total. The maximum Gasteiger partial charge on any atom is 0.296 e. The van der Waals surface area contributed by atoms with Gasteiger partial charge in [0.05, 0.1) is 11.0 Å². The lowest BCUT2D eigenvalue weighted by molar-refractivity contribution is -0.384. The molecule has 0 aliphatic carbocycles. The summed E-state index contributed by atoms with van der Waals surface area (Å²) in [6.07, 6.45) is 2.29. The van der Waals surface area contributed by atoms with Crippen LogP contribution in [0.3, 0.4) is 0 Å². The number of phenols is 1. The average molecular weight is 279 g/mol. The van der Waals surface area contributed by atoms with Gasteiger partial charge in [-0.25, -0.2) is 0 Å². The van der Waals surface area contributed by atoms with Crippen molar-refractivity contribution in [2.24, 2.45) is 5.92 Å². The van der Waals surface area contributed by atoms with E-state index in [2.05, 4.69) is 24.2 Å². The summed E-state index contributed by atoms with van der Waals surface area (Å²) in [6.45, 7) is 4.17. The van der Waals surface area contributed by atoms with Crippen LogP contribution in [0, 0.1) is 16.0 Å². The predicted octanol–water partition coefficient (Wildman–Crippen LogP) is 2.44. The third-order valence-electron chi connectivity index (χ3n) is 3.93. The highest BCUT2D eigenvalue weighted by Crippen LogP contribution is 2.30. The third kappa shape index (κ3) is 3.39. The second-order valence-electron chi connectivity index (χ2n) is 5.56. The van der Waals surface area contributed by atoms with Crippen LogP contribution in [0.4, 0.5) is 11.4 Å². The topological polar surface area (TPSA) is 78.6 Å². The fourth-order valence-electron chi connectivity index (χ4n) is 2.77. The zero-order valence-corrected chi connectivity index (χ0v) is 11.9. The minimum Gasteiger partial charge on any atom is -0.508 e. The van der Waals surface area contributed by atoms with E-state index < -0.39 is 4.92 Å². The summed E-state index contributed by atoms with van der Waals surface area (Å²) in [5.41, 5.74) is 0.384. The van der Waals surface area contributed by atoms with Gasteiger partial charge >= 0.3 is 0 Å². The van der Waals surface area contributed by atoms with Crippen molar-refractivity contribution in [2.45, 2.75) is 25.8 Å². The molecule has 0 aromatic heterocycles. The summed E-state index contributed by atoms with van der Waals surface area (Å²) in [4.78, 5) is 12.8. The second-order valence-corrected chi connectivity index (χ2v) is 5.56. The fourth-order valence-corrected chi connectivity index (χ4v) is 2.77. The smallest absolute Gasteiger partial charge is 0.296 e. The van der Waals surface area contributed by atoms with Gasteiger partial charge < -0.3 is 15.3 Å². The highest BCUT2D eigenvalue weighted by Gasteiger charge is 2.24. The van der Waals surface area contributed by atoms with E-state index in [1.807, 2.05) is 0 Å². The normalized spacial score (nSPS) is 21.4. The first-order valence-electron chi connectivity index (χ1n) is 6.90. The van der Waals surface area contributed by atoms with Crippen molar-refractivity contribution >= 4 is 11.4 Å². The van der Waals surface area contributed by atoms with Gasteiger partial charge in [0.2, 0.25) is 0 Å². The van der Waals surface area contributed by atoms with Crippen LogP contribution in [0.15, 0.2) is 18.2 Å². The number of nitrogens with one attached hydrogen (secondary N) is 1. The molecule has 1 aromatic carbocycles. The number of hydrogen-bond acceptors (Lipinski definition) is 5. The van der Waals surface area contributed by atoms with E-state index in [-0.39, 0.29) is 17.5 Å². The number of rotatable bonds is 4. The van der Waals surface area contributed by atoms with E-state index >= 15 is 0 Å². The van der Waals surface area contributed by atoms with Crippen LogP contribution in [0.25, 0.3) is 0 Å². The van der Waals surface area contributed by atoms with Gasteiger partial charge in [-0.15, -0.1) is 0 Å². The van der Waals surface area contributed by atoms with Gasteiger partial charge in [-0.2, -0.15) is 0 Å². The van der Waals surface area contributed by atoms with Crippen molar-refractivity contribution in [3.8, 4) is 5.75 Å². The van der Waals surface area contributed by atoms with Gasteiger partial charge in [-0.3, -0.25) is 10.1 Å². The zero-order chi connectivity index (χ0) is 14.7. The summed E-state index contributed by atoms with van der Waals surface area (Å²) >= 11 is 0. The summed E-state index contributed by atoms with van der Waals surface area (Å²) in [7, 11) is 2.10. The molecule has 2 unspecified atom stereocenters. The molecule has 0 amide bonds. The van der Waals surface area contributed by atoms with Crippen LogP contribution in [0.5, 0.6) is 5.75 Å². The zero-order valence-electron chi connectivity index (χ0n) is 11.9. The molecule has 1 saturated heterocycles. The van der Waals surface area contributed by atoms with E-state index in [9.17, 15) is 15.2 Å². The molecule has 0 spiro atoms. The summed E-state index contributed by atoms with van der Waals surface area (Å²) < 4.78 is 0. The number of nitro benzene ring substituents is 1. The summed E-state index contributed by atoms with van der Waals surface area (Å²) in [6, 6.07) is 4.37. The number of nitrogens with zero attached hydrogens (tertiary/aromatic N) is 2. The Morgan fingerprint density at radius 2 is 2.30 bits per heavy atom. The van der Waals surface area contributed by atoms with Crippen molar-refractivity contribution < 1.29 is 10.0 Å². The quantitative estimate of drug-likeness (QED) is 0.503. The van der Waals surface area contributed by atoms with Gasteiger partial charge in [0.25, 0.3) is 5.69 Å². The van der Waals surface area contributed by atoms with Crippen LogP contribution >= 0.6 is 0 Å². The standard InChI is InChI=1S/C14H21N3O3/c1-10(11-4-3-7-16(2)9-11)15-13-6-5-12(18)8-14(13)17(19)20/h5-6,8,10-11,15,18H,3-4,7,9H2,1-2H3. The van der Waals surface area contributed by atoms with Gasteiger partial charge in [-0.1, -0.05) is 0 Å². The van der Waals surface area contributed by atoms with Crippen molar-refractivity contribution in [2.75, 3.05) is 25.5 Å².